The predicted molar refractivity (Wildman–Crippen MR) is 79.4 cm³/mol. The molecule has 21 heavy (non-hydrogen) atoms. The van der Waals surface area contributed by atoms with Gasteiger partial charge in [-0.1, -0.05) is 23.5 Å². The Hall–Kier alpha value is -1.51. The summed E-state index contributed by atoms with van der Waals surface area (Å²) in [6.45, 7) is 3.25. The molecule has 0 radical (unpaired) electrons. The van der Waals surface area contributed by atoms with Crippen LogP contribution >= 0.6 is 11.3 Å². The number of hydrogen-bond acceptors (Lipinski definition) is 4. The van der Waals surface area contributed by atoms with E-state index >= 15 is 0 Å². The van der Waals surface area contributed by atoms with E-state index in [-0.39, 0.29) is 10.0 Å². The standard InChI is InChI=1S/C13H15FN2O3S2/c1-8-12(20-13(17)15-8)21(18,19)16(3)9(2)10-4-6-11(14)7-5-10/h4-7,9H,1-3H3,(H,15,17). The van der Waals surface area contributed by atoms with Crippen molar-refractivity contribution in [2.24, 2.45) is 0 Å². The zero-order valence-electron chi connectivity index (χ0n) is 11.8. The van der Waals surface area contributed by atoms with Crippen molar-refractivity contribution in [2.45, 2.75) is 24.1 Å². The summed E-state index contributed by atoms with van der Waals surface area (Å²) in [5, 5.41) is 0. The van der Waals surface area contributed by atoms with Gasteiger partial charge in [0.05, 0.1) is 0 Å². The number of hydrogen-bond donors (Lipinski definition) is 1. The molecule has 1 N–H and O–H groups in total. The number of nitrogens with one attached hydrogen (secondary N) is 1. The fourth-order valence-electron chi connectivity index (χ4n) is 1.93. The van der Waals surface area contributed by atoms with Crippen LogP contribution in [0, 0.1) is 12.7 Å². The van der Waals surface area contributed by atoms with E-state index in [2.05, 4.69) is 4.98 Å². The van der Waals surface area contributed by atoms with Crippen molar-refractivity contribution in [1.82, 2.24) is 9.29 Å². The second-order valence-electron chi connectivity index (χ2n) is 4.68. The number of H-pyrrole nitrogens is 1. The van der Waals surface area contributed by atoms with Crippen molar-refractivity contribution in [3.63, 3.8) is 0 Å². The fraction of sp³-hybridized carbons (Fsp3) is 0.308. The van der Waals surface area contributed by atoms with E-state index in [9.17, 15) is 17.6 Å². The number of halogens is 1. The molecule has 2 aromatic rings. The van der Waals surface area contributed by atoms with Crippen molar-refractivity contribution in [3.05, 3.63) is 51.0 Å². The molecule has 0 saturated carbocycles. The maximum Gasteiger partial charge on any atom is 0.305 e. The highest BCUT2D eigenvalue weighted by Gasteiger charge is 2.29. The molecule has 0 aliphatic heterocycles. The lowest BCUT2D eigenvalue weighted by Crippen LogP contribution is -2.29. The molecule has 5 nitrogen and oxygen atoms in total. The molecule has 0 spiro atoms. The molecule has 114 valence electrons. The van der Waals surface area contributed by atoms with Crippen LogP contribution in [0.1, 0.15) is 24.2 Å². The van der Waals surface area contributed by atoms with Gasteiger partial charge in [0.1, 0.15) is 5.82 Å². The molecule has 1 unspecified atom stereocenters. The van der Waals surface area contributed by atoms with Crippen molar-refractivity contribution in [1.29, 1.82) is 0 Å². The number of rotatable bonds is 4. The predicted octanol–water partition coefficient (Wildman–Crippen LogP) is 2.27. The molecule has 0 saturated heterocycles. The molecule has 0 aliphatic carbocycles. The second-order valence-corrected chi connectivity index (χ2v) is 7.85. The normalized spacial score (nSPS) is 13.6. The van der Waals surface area contributed by atoms with Crippen LogP contribution in [0.15, 0.2) is 33.3 Å². The van der Waals surface area contributed by atoms with Gasteiger partial charge in [0.2, 0.25) is 0 Å². The lowest BCUT2D eigenvalue weighted by molar-refractivity contribution is 0.399. The second kappa shape index (κ2) is 5.70. The molecule has 2 rings (SSSR count). The van der Waals surface area contributed by atoms with Gasteiger partial charge in [0.15, 0.2) is 4.21 Å². The maximum atomic E-state index is 12.9. The Morgan fingerprint density at radius 3 is 2.33 bits per heavy atom. The smallest absolute Gasteiger partial charge is 0.305 e. The molecule has 1 aromatic carbocycles. The summed E-state index contributed by atoms with van der Waals surface area (Å²) in [4.78, 5) is 13.3. The van der Waals surface area contributed by atoms with Gasteiger partial charge in [-0.15, -0.1) is 0 Å². The molecule has 0 aliphatic rings. The summed E-state index contributed by atoms with van der Waals surface area (Å²) >= 11 is 0.664. The fourth-order valence-corrected chi connectivity index (χ4v) is 4.74. The molecule has 0 amide bonds. The lowest BCUT2D eigenvalue weighted by Gasteiger charge is -2.24. The van der Waals surface area contributed by atoms with Gasteiger partial charge in [0, 0.05) is 18.8 Å². The molecular formula is C13H15FN2O3S2. The Morgan fingerprint density at radius 1 is 1.29 bits per heavy atom. The molecule has 1 heterocycles. The third-order valence-corrected chi connectivity index (χ3v) is 6.80. The first-order valence-corrected chi connectivity index (χ1v) is 8.42. The van der Waals surface area contributed by atoms with Crippen molar-refractivity contribution >= 4 is 21.4 Å². The van der Waals surface area contributed by atoms with E-state index in [0.717, 1.165) is 0 Å². The summed E-state index contributed by atoms with van der Waals surface area (Å²) < 4.78 is 39.2. The van der Waals surface area contributed by atoms with Gasteiger partial charge in [-0.25, -0.2) is 12.8 Å². The first-order chi connectivity index (χ1) is 9.73. The van der Waals surface area contributed by atoms with Gasteiger partial charge < -0.3 is 4.98 Å². The Labute approximate surface area is 126 Å². The van der Waals surface area contributed by atoms with Crippen LogP contribution in [0.4, 0.5) is 4.39 Å². The molecule has 8 heteroatoms. The molecule has 1 atom stereocenters. The summed E-state index contributed by atoms with van der Waals surface area (Å²) in [6.07, 6.45) is 0. The zero-order valence-corrected chi connectivity index (χ0v) is 13.4. The van der Waals surface area contributed by atoms with Crippen molar-refractivity contribution in [3.8, 4) is 0 Å². The van der Waals surface area contributed by atoms with Crippen LogP contribution in [0.5, 0.6) is 0 Å². The highest BCUT2D eigenvalue weighted by molar-refractivity contribution is 7.91. The van der Waals surface area contributed by atoms with Gasteiger partial charge in [-0.2, -0.15) is 4.31 Å². The minimum atomic E-state index is -3.78. The van der Waals surface area contributed by atoms with Crippen LogP contribution in [-0.4, -0.2) is 24.8 Å². The largest absolute Gasteiger partial charge is 0.315 e. The molecule has 0 bridgehead atoms. The highest BCUT2D eigenvalue weighted by Crippen LogP contribution is 2.28. The number of nitrogens with zero attached hydrogens (tertiary/aromatic N) is 1. The number of aromatic nitrogens is 1. The number of aromatic amines is 1. The summed E-state index contributed by atoms with van der Waals surface area (Å²) in [6, 6.07) is 5.17. The van der Waals surface area contributed by atoms with Gasteiger partial charge in [-0.05, 0) is 31.5 Å². The maximum absolute atomic E-state index is 12.9. The monoisotopic (exact) mass is 330 g/mol. The van der Waals surface area contributed by atoms with Crippen LogP contribution in [-0.2, 0) is 10.0 Å². The van der Waals surface area contributed by atoms with Crippen molar-refractivity contribution < 1.29 is 12.8 Å². The summed E-state index contributed by atoms with van der Waals surface area (Å²) in [7, 11) is -2.34. The van der Waals surface area contributed by atoms with Crippen LogP contribution in [0.25, 0.3) is 0 Å². The van der Waals surface area contributed by atoms with E-state index in [1.165, 1.54) is 23.5 Å². The van der Waals surface area contributed by atoms with Crippen LogP contribution in [0.3, 0.4) is 0 Å². The quantitative estimate of drug-likeness (QED) is 0.935. The van der Waals surface area contributed by atoms with E-state index in [1.54, 1.807) is 26.0 Å². The Bertz CT molecular complexity index is 794. The third-order valence-electron chi connectivity index (χ3n) is 3.29. The first-order valence-electron chi connectivity index (χ1n) is 6.16. The van der Waals surface area contributed by atoms with Gasteiger partial charge in [-0.3, -0.25) is 4.79 Å². The number of benzene rings is 1. The van der Waals surface area contributed by atoms with Gasteiger partial charge >= 0.3 is 4.87 Å². The number of aryl methyl sites for hydroxylation is 1. The zero-order chi connectivity index (χ0) is 15.8. The molecular weight excluding hydrogens is 315 g/mol. The summed E-state index contributed by atoms with van der Waals surface area (Å²) in [5.74, 6) is -0.379. The average Bonchev–Trinajstić information content (AvgIpc) is 2.77. The van der Waals surface area contributed by atoms with Crippen LogP contribution < -0.4 is 4.87 Å². The topological polar surface area (TPSA) is 70.2 Å². The van der Waals surface area contributed by atoms with Crippen molar-refractivity contribution in [2.75, 3.05) is 7.05 Å². The van der Waals surface area contributed by atoms with Crippen LogP contribution in [0.2, 0.25) is 0 Å². The Kier molecular flexibility index (Phi) is 4.31. The SMILES string of the molecule is Cc1[nH]c(=O)sc1S(=O)(=O)N(C)C(C)c1ccc(F)cc1. The van der Waals surface area contributed by atoms with E-state index in [1.807, 2.05) is 0 Å². The van der Waals surface area contributed by atoms with Gasteiger partial charge in [0.25, 0.3) is 10.0 Å². The Morgan fingerprint density at radius 2 is 1.86 bits per heavy atom. The number of sulfonamides is 1. The highest BCUT2D eigenvalue weighted by atomic mass is 32.2. The Balaban J connectivity index is 2.38. The minimum Gasteiger partial charge on any atom is -0.315 e. The lowest BCUT2D eigenvalue weighted by atomic mass is 10.1. The summed E-state index contributed by atoms with van der Waals surface area (Å²) in [5.41, 5.74) is 0.992. The third kappa shape index (κ3) is 3.07. The minimum absolute atomic E-state index is 0.00367. The molecule has 0 fully saturated rings. The van der Waals surface area contributed by atoms with E-state index < -0.39 is 20.9 Å². The van der Waals surface area contributed by atoms with E-state index in [0.29, 0.717) is 22.6 Å². The average molecular weight is 330 g/mol. The van der Waals surface area contributed by atoms with E-state index in [4.69, 9.17) is 0 Å². The molecule has 1 aromatic heterocycles. The number of thiazole rings is 1. The first kappa shape index (κ1) is 15.9.